The van der Waals surface area contributed by atoms with Crippen LogP contribution < -0.4 is 10.6 Å². The van der Waals surface area contributed by atoms with E-state index in [1.807, 2.05) is 37.7 Å². The minimum absolute atomic E-state index is 0.0839. The van der Waals surface area contributed by atoms with Crippen LogP contribution in [0.3, 0.4) is 0 Å². The Morgan fingerprint density at radius 2 is 1.93 bits per heavy atom. The van der Waals surface area contributed by atoms with Gasteiger partial charge in [0.2, 0.25) is 5.91 Å². The number of nitrogens with zero attached hydrogens (tertiary/aromatic N) is 5. The fraction of sp³-hybridized carbons (Fsp3) is 0.429. The van der Waals surface area contributed by atoms with Crippen molar-refractivity contribution in [2.24, 2.45) is 13.0 Å². The van der Waals surface area contributed by atoms with Crippen LogP contribution in [-0.4, -0.2) is 57.7 Å². The van der Waals surface area contributed by atoms with Crippen molar-refractivity contribution in [1.29, 1.82) is 0 Å². The molecule has 4 heterocycles. The summed E-state index contributed by atoms with van der Waals surface area (Å²) in [6.07, 6.45) is 4.52. The molecule has 2 aliphatic rings. The highest BCUT2D eigenvalue weighted by Crippen LogP contribution is 2.38. The number of sulfone groups is 1. The Balaban J connectivity index is 1.46. The molecule has 0 spiro atoms. The number of anilines is 3. The molecule has 41 heavy (non-hydrogen) atoms. The van der Waals surface area contributed by atoms with E-state index in [2.05, 4.69) is 20.7 Å². The Labute approximate surface area is 237 Å². The van der Waals surface area contributed by atoms with Gasteiger partial charge >= 0.3 is 0 Å². The highest BCUT2D eigenvalue weighted by atomic mass is 32.2. The maximum Gasteiger partial charge on any atom is 0.231 e. The molecule has 1 amide bonds. The zero-order valence-electron chi connectivity index (χ0n) is 23.3. The van der Waals surface area contributed by atoms with Crippen LogP contribution in [0.5, 0.6) is 0 Å². The molecule has 1 saturated carbocycles. The summed E-state index contributed by atoms with van der Waals surface area (Å²) in [6, 6.07) is 6.69. The predicted molar refractivity (Wildman–Crippen MR) is 153 cm³/mol. The normalized spacial score (nSPS) is 20.8. The van der Waals surface area contributed by atoms with Crippen molar-refractivity contribution in [1.82, 2.24) is 24.3 Å². The number of hydrogen-bond acceptors (Lipinski definition) is 8. The van der Waals surface area contributed by atoms with Crippen LogP contribution in [0.15, 0.2) is 35.4 Å². The third-order valence-electron chi connectivity index (χ3n) is 7.50. The SMILES string of the molecule is Cc1cn(C)nc1-c1ccc(Nc2cc(NC(=O)[C@@H]3C[C@@H]3F)nc3c2nc(C)n3C2CCCCO2)c(S(C)(=O)=O)c1. The van der Waals surface area contributed by atoms with Crippen molar-refractivity contribution in [3.8, 4) is 11.3 Å². The summed E-state index contributed by atoms with van der Waals surface area (Å²) in [6.45, 7) is 4.38. The second kappa shape index (κ2) is 10.2. The van der Waals surface area contributed by atoms with Crippen molar-refractivity contribution in [3.05, 3.63) is 41.9 Å². The molecule has 3 atom stereocenters. The molecular weight excluding hydrogens is 549 g/mol. The topological polar surface area (TPSA) is 133 Å². The number of pyridine rings is 1. The smallest absolute Gasteiger partial charge is 0.231 e. The largest absolute Gasteiger partial charge is 0.358 e. The summed E-state index contributed by atoms with van der Waals surface area (Å²) in [4.78, 5) is 22.1. The molecule has 1 unspecified atom stereocenters. The molecule has 1 aromatic carbocycles. The van der Waals surface area contributed by atoms with E-state index in [1.54, 1.807) is 22.9 Å². The molecule has 6 rings (SSSR count). The number of hydrogen-bond donors (Lipinski definition) is 2. The van der Waals surface area contributed by atoms with E-state index in [-0.39, 0.29) is 23.4 Å². The van der Waals surface area contributed by atoms with Gasteiger partial charge in [0.05, 0.1) is 27.9 Å². The summed E-state index contributed by atoms with van der Waals surface area (Å²) >= 11 is 0. The molecule has 4 aromatic rings. The van der Waals surface area contributed by atoms with Crippen LogP contribution in [0.4, 0.5) is 21.6 Å². The van der Waals surface area contributed by atoms with Gasteiger partial charge in [-0.2, -0.15) is 5.10 Å². The average molecular weight is 582 g/mol. The number of rotatable bonds is 7. The van der Waals surface area contributed by atoms with E-state index in [9.17, 15) is 17.6 Å². The monoisotopic (exact) mass is 581 g/mol. The van der Waals surface area contributed by atoms with Crippen molar-refractivity contribution < 1.29 is 22.3 Å². The van der Waals surface area contributed by atoms with Gasteiger partial charge in [-0.15, -0.1) is 0 Å². The lowest BCUT2D eigenvalue weighted by Crippen LogP contribution is -2.20. The van der Waals surface area contributed by atoms with Gasteiger partial charge < -0.3 is 15.4 Å². The molecule has 1 aliphatic heterocycles. The molecular formula is C28H32FN7O4S. The van der Waals surface area contributed by atoms with Gasteiger partial charge in [0.15, 0.2) is 15.5 Å². The quantitative estimate of drug-likeness (QED) is 0.324. The number of fused-ring (bicyclic) bond motifs is 1. The Morgan fingerprint density at radius 1 is 1.15 bits per heavy atom. The number of ether oxygens (including phenoxy) is 1. The van der Waals surface area contributed by atoms with Gasteiger partial charge in [-0.1, -0.05) is 6.07 Å². The molecule has 1 aliphatic carbocycles. The number of amides is 1. The molecule has 2 fully saturated rings. The molecule has 1 saturated heterocycles. The van der Waals surface area contributed by atoms with E-state index < -0.39 is 27.8 Å². The highest BCUT2D eigenvalue weighted by Gasteiger charge is 2.44. The highest BCUT2D eigenvalue weighted by molar-refractivity contribution is 7.90. The first kappa shape index (κ1) is 27.3. The molecule has 0 bridgehead atoms. The minimum Gasteiger partial charge on any atom is -0.358 e. The molecule has 3 aromatic heterocycles. The number of alkyl halides is 1. The summed E-state index contributed by atoms with van der Waals surface area (Å²) < 4.78 is 49.1. The number of carbonyl (C=O) groups excluding carboxylic acids is 1. The van der Waals surface area contributed by atoms with Crippen molar-refractivity contribution in [2.45, 2.75) is 56.8 Å². The summed E-state index contributed by atoms with van der Waals surface area (Å²) in [5.41, 5.74) is 4.03. The van der Waals surface area contributed by atoms with Crippen LogP contribution >= 0.6 is 0 Å². The van der Waals surface area contributed by atoms with E-state index >= 15 is 0 Å². The maximum atomic E-state index is 13.6. The Morgan fingerprint density at radius 3 is 2.56 bits per heavy atom. The standard InChI is InChI=1S/C28H32FN7O4S/c1-15-14-35(3)34-25(15)17-8-9-20(22(11-17)41(4,38)39)31-21-13-23(33-28(37)18-12-19(18)29)32-27-26(21)30-16(2)36(27)24-7-5-6-10-40-24/h8-9,11,13-14,18-19,24H,5-7,10,12H2,1-4H3,(H2,31,32,33,37)/t18-,19+,24?/m1/s1. The van der Waals surface area contributed by atoms with Crippen molar-refractivity contribution in [3.63, 3.8) is 0 Å². The first-order chi connectivity index (χ1) is 19.5. The van der Waals surface area contributed by atoms with Crippen LogP contribution in [0, 0.1) is 19.8 Å². The van der Waals surface area contributed by atoms with Crippen molar-refractivity contribution in [2.75, 3.05) is 23.5 Å². The van der Waals surface area contributed by atoms with Gasteiger partial charge in [0, 0.05) is 37.7 Å². The van der Waals surface area contributed by atoms with Gasteiger partial charge in [-0.3, -0.25) is 14.0 Å². The number of carbonyl (C=O) groups is 1. The van der Waals surface area contributed by atoms with Crippen LogP contribution in [0.1, 0.15) is 43.3 Å². The average Bonchev–Trinajstić information content (AvgIpc) is 3.42. The third kappa shape index (κ3) is 5.31. The van der Waals surface area contributed by atoms with E-state index in [0.29, 0.717) is 46.2 Å². The van der Waals surface area contributed by atoms with Crippen LogP contribution in [0.2, 0.25) is 0 Å². The molecule has 2 N–H and O–H groups in total. The number of halogens is 1. The zero-order valence-corrected chi connectivity index (χ0v) is 24.1. The lowest BCUT2D eigenvalue weighted by atomic mass is 10.1. The molecule has 0 radical (unpaired) electrons. The van der Waals surface area contributed by atoms with Gasteiger partial charge in [-0.05, 0) is 57.2 Å². The number of nitrogens with one attached hydrogen (secondary N) is 2. The predicted octanol–water partition coefficient (Wildman–Crippen LogP) is 4.59. The minimum atomic E-state index is -3.67. The van der Waals surface area contributed by atoms with Crippen LogP contribution in [-0.2, 0) is 26.4 Å². The third-order valence-corrected chi connectivity index (χ3v) is 8.64. The second-order valence-corrected chi connectivity index (χ2v) is 12.9. The van der Waals surface area contributed by atoms with Gasteiger partial charge in [0.1, 0.15) is 29.6 Å². The number of benzene rings is 1. The molecule has 13 heteroatoms. The summed E-state index contributed by atoms with van der Waals surface area (Å²) in [5, 5.41) is 10.5. The summed E-state index contributed by atoms with van der Waals surface area (Å²) in [5.74, 6) is -0.264. The Kier molecular flexibility index (Phi) is 6.81. The lowest BCUT2D eigenvalue weighted by Gasteiger charge is -2.25. The van der Waals surface area contributed by atoms with E-state index in [4.69, 9.17) is 9.72 Å². The maximum absolute atomic E-state index is 13.6. The fourth-order valence-electron chi connectivity index (χ4n) is 5.37. The Bertz CT molecular complexity index is 1780. The van der Waals surface area contributed by atoms with E-state index in [0.717, 1.165) is 31.1 Å². The first-order valence-electron chi connectivity index (χ1n) is 13.6. The summed E-state index contributed by atoms with van der Waals surface area (Å²) in [7, 11) is -1.86. The van der Waals surface area contributed by atoms with Crippen molar-refractivity contribution >= 4 is 44.1 Å². The second-order valence-electron chi connectivity index (χ2n) is 10.9. The zero-order chi connectivity index (χ0) is 29.1. The van der Waals surface area contributed by atoms with Crippen LogP contribution in [0.25, 0.3) is 22.4 Å². The fourth-order valence-corrected chi connectivity index (χ4v) is 6.23. The first-order valence-corrected chi connectivity index (χ1v) is 15.5. The Hall–Kier alpha value is -3.84. The number of aromatic nitrogens is 5. The number of aryl methyl sites for hydroxylation is 3. The van der Waals surface area contributed by atoms with Gasteiger partial charge in [0.25, 0.3) is 0 Å². The molecule has 11 nitrogen and oxygen atoms in total. The van der Waals surface area contributed by atoms with Gasteiger partial charge in [-0.25, -0.2) is 22.8 Å². The number of imidazole rings is 1. The molecule has 216 valence electrons. The lowest BCUT2D eigenvalue weighted by molar-refractivity contribution is -0.117. The van der Waals surface area contributed by atoms with E-state index in [1.165, 1.54) is 0 Å².